The van der Waals surface area contributed by atoms with Gasteiger partial charge in [-0.1, -0.05) is 31.2 Å². The van der Waals surface area contributed by atoms with Crippen molar-refractivity contribution in [2.75, 3.05) is 4.90 Å². The molecule has 2 fully saturated rings. The van der Waals surface area contributed by atoms with Gasteiger partial charge in [0, 0.05) is 6.07 Å². The van der Waals surface area contributed by atoms with Crippen LogP contribution in [0.2, 0.25) is 0 Å². The van der Waals surface area contributed by atoms with Crippen LogP contribution in [0.1, 0.15) is 36.5 Å². The first-order valence-electron chi connectivity index (χ1n) is 9.29. The van der Waals surface area contributed by atoms with E-state index in [1.165, 1.54) is 4.90 Å². The first-order chi connectivity index (χ1) is 13.0. The Labute approximate surface area is 157 Å². The number of anilines is 1. The monoisotopic (exact) mass is 363 g/mol. The van der Waals surface area contributed by atoms with Gasteiger partial charge in [0.15, 0.2) is 0 Å². The third-order valence-corrected chi connectivity index (χ3v) is 5.48. The molecule has 5 nitrogen and oxygen atoms in total. The summed E-state index contributed by atoms with van der Waals surface area (Å²) in [5.41, 5.74) is 0.904. The summed E-state index contributed by atoms with van der Waals surface area (Å²) >= 11 is 0. The van der Waals surface area contributed by atoms with Gasteiger partial charge < -0.3 is 4.74 Å². The van der Waals surface area contributed by atoms with Crippen LogP contribution in [0.4, 0.5) is 5.69 Å². The largest absolute Gasteiger partial charge is 0.423 e. The first kappa shape index (κ1) is 17.5. The highest BCUT2D eigenvalue weighted by Gasteiger charge is 2.50. The van der Waals surface area contributed by atoms with E-state index in [1.807, 2.05) is 6.07 Å². The molecule has 27 heavy (non-hydrogen) atoms. The van der Waals surface area contributed by atoms with Gasteiger partial charge in [-0.3, -0.25) is 9.59 Å². The summed E-state index contributed by atoms with van der Waals surface area (Å²) in [6.07, 6.45) is 2.49. The lowest BCUT2D eigenvalue weighted by Crippen LogP contribution is -2.30. The maximum absolute atomic E-state index is 12.8. The Morgan fingerprint density at radius 2 is 1.70 bits per heavy atom. The maximum atomic E-state index is 12.8. The van der Waals surface area contributed by atoms with Crippen molar-refractivity contribution in [3.8, 4) is 5.75 Å². The molecule has 1 heterocycles. The van der Waals surface area contributed by atoms with E-state index in [-0.39, 0.29) is 23.7 Å². The van der Waals surface area contributed by atoms with Gasteiger partial charge in [-0.05, 0) is 49.4 Å². The lowest BCUT2D eigenvalue weighted by molar-refractivity contribution is -0.122. The molecular weight excluding hydrogens is 342 g/mol. The molecule has 0 unspecified atom stereocenters. The van der Waals surface area contributed by atoms with E-state index in [4.69, 9.17) is 4.74 Å². The van der Waals surface area contributed by atoms with Crippen LogP contribution < -0.4 is 9.64 Å². The van der Waals surface area contributed by atoms with Gasteiger partial charge in [0.25, 0.3) is 0 Å². The molecule has 1 saturated carbocycles. The second-order valence-corrected chi connectivity index (χ2v) is 7.40. The molecule has 0 radical (unpaired) electrons. The quantitative estimate of drug-likeness (QED) is 0.472. The Balaban J connectivity index is 1.56. The third kappa shape index (κ3) is 3.25. The fraction of sp³-hybridized carbons (Fsp3) is 0.318. The van der Waals surface area contributed by atoms with Crippen LogP contribution in [0.15, 0.2) is 54.6 Å². The van der Waals surface area contributed by atoms with Crippen LogP contribution in [0.5, 0.6) is 5.75 Å². The second kappa shape index (κ2) is 6.99. The average Bonchev–Trinajstić information content (AvgIpc) is 2.92. The third-order valence-electron chi connectivity index (χ3n) is 5.48. The van der Waals surface area contributed by atoms with Crippen LogP contribution in [-0.2, 0) is 9.59 Å². The minimum absolute atomic E-state index is 0.136. The van der Waals surface area contributed by atoms with E-state index in [0.717, 1.165) is 19.3 Å². The molecule has 2 aliphatic rings. The van der Waals surface area contributed by atoms with E-state index < -0.39 is 5.97 Å². The van der Waals surface area contributed by atoms with Crippen LogP contribution in [0.25, 0.3) is 0 Å². The van der Waals surface area contributed by atoms with E-state index in [1.54, 1.807) is 48.5 Å². The van der Waals surface area contributed by atoms with Gasteiger partial charge in [-0.25, -0.2) is 9.69 Å². The zero-order valence-electron chi connectivity index (χ0n) is 15.1. The minimum Gasteiger partial charge on any atom is -0.423 e. The maximum Gasteiger partial charge on any atom is 0.343 e. The van der Waals surface area contributed by atoms with Gasteiger partial charge in [0.1, 0.15) is 5.75 Å². The summed E-state index contributed by atoms with van der Waals surface area (Å²) in [5.74, 6) is -0.423. The molecule has 5 heteroatoms. The highest BCUT2D eigenvalue weighted by molar-refractivity contribution is 6.22. The van der Waals surface area contributed by atoms with E-state index >= 15 is 0 Å². The van der Waals surface area contributed by atoms with Gasteiger partial charge in [0.2, 0.25) is 11.8 Å². The number of nitrogens with zero attached hydrogens (tertiary/aromatic N) is 1. The summed E-state index contributed by atoms with van der Waals surface area (Å²) in [7, 11) is 0. The molecular formula is C22H21NO4. The molecule has 1 aliphatic heterocycles. The molecule has 4 rings (SSSR count). The molecule has 138 valence electrons. The van der Waals surface area contributed by atoms with Crippen LogP contribution in [-0.4, -0.2) is 17.8 Å². The Morgan fingerprint density at radius 1 is 0.963 bits per heavy atom. The molecule has 1 aliphatic carbocycles. The second-order valence-electron chi connectivity index (χ2n) is 7.40. The smallest absolute Gasteiger partial charge is 0.343 e. The zero-order chi connectivity index (χ0) is 19.0. The van der Waals surface area contributed by atoms with Gasteiger partial charge in [-0.2, -0.15) is 0 Å². The Morgan fingerprint density at radius 3 is 2.48 bits per heavy atom. The van der Waals surface area contributed by atoms with Crippen molar-refractivity contribution in [3.05, 3.63) is 60.2 Å². The number of fused-ring (bicyclic) bond motifs is 1. The lowest BCUT2D eigenvalue weighted by atomic mass is 9.76. The van der Waals surface area contributed by atoms with Gasteiger partial charge in [-0.15, -0.1) is 0 Å². The van der Waals surface area contributed by atoms with E-state index in [2.05, 4.69) is 6.92 Å². The molecule has 0 bridgehead atoms. The van der Waals surface area contributed by atoms with Gasteiger partial charge >= 0.3 is 5.97 Å². The first-order valence-corrected chi connectivity index (χ1v) is 9.29. The summed E-state index contributed by atoms with van der Waals surface area (Å²) in [5, 5.41) is 0. The molecule has 2 aromatic rings. The fourth-order valence-corrected chi connectivity index (χ4v) is 4.07. The van der Waals surface area contributed by atoms with Crippen molar-refractivity contribution in [2.45, 2.75) is 26.2 Å². The van der Waals surface area contributed by atoms with Crippen molar-refractivity contribution in [3.63, 3.8) is 0 Å². The molecule has 3 atom stereocenters. The molecule has 2 aromatic carbocycles. The molecule has 0 aromatic heterocycles. The molecule has 1 saturated heterocycles. The Hall–Kier alpha value is -2.95. The average molecular weight is 363 g/mol. The number of rotatable bonds is 3. The summed E-state index contributed by atoms with van der Waals surface area (Å²) in [6.45, 7) is 2.13. The number of carbonyl (C=O) groups is 3. The number of ether oxygens (including phenoxy) is 1. The van der Waals surface area contributed by atoms with Crippen LogP contribution >= 0.6 is 0 Å². The van der Waals surface area contributed by atoms with Crippen molar-refractivity contribution in [1.29, 1.82) is 0 Å². The highest BCUT2D eigenvalue weighted by Crippen LogP contribution is 2.42. The summed E-state index contributed by atoms with van der Waals surface area (Å²) in [4.78, 5) is 39.2. The van der Waals surface area contributed by atoms with Crippen molar-refractivity contribution < 1.29 is 19.1 Å². The Bertz CT molecular complexity index is 892. The van der Waals surface area contributed by atoms with Crippen molar-refractivity contribution in [2.24, 2.45) is 17.8 Å². The van der Waals surface area contributed by atoms with Crippen LogP contribution in [0.3, 0.4) is 0 Å². The standard InChI is InChI=1S/C22H21NO4/c1-14-10-11-18-19(12-14)21(25)23(20(18)24)16-8-5-9-17(13-16)27-22(26)15-6-3-2-4-7-15/h2-9,13-14,18-19H,10-12H2,1H3/t14-,18-,19+/m1/s1. The predicted octanol–water partition coefficient (Wildman–Crippen LogP) is 3.83. The van der Waals surface area contributed by atoms with Crippen molar-refractivity contribution in [1.82, 2.24) is 0 Å². The Kier molecular flexibility index (Phi) is 4.52. The number of hydrogen-bond acceptors (Lipinski definition) is 4. The van der Waals surface area contributed by atoms with Crippen LogP contribution in [0, 0.1) is 17.8 Å². The predicted molar refractivity (Wildman–Crippen MR) is 100 cm³/mol. The summed E-state index contributed by atoms with van der Waals surface area (Å²) < 4.78 is 5.42. The number of benzene rings is 2. The van der Waals surface area contributed by atoms with Crippen molar-refractivity contribution >= 4 is 23.5 Å². The topological polar surface area (TPSA) is 63.7 Å². The fourth-order valence-electron chi connectivity index (χ4n) is 4.07. The SMILES string of the molecule is C[C@@H]1CC[C@H]2C(=O)N(c3cccc(OC(=O)c4ccccc4)c3)C(=O)[C@H]2C1. The van der Waals surface area contributed by atoms with E-state index in [9.17, 15) is 14.4 Å². The summed E-state index contributed by atoms with van der Waals surface area (Å²) in [6, 6.07) is 15.3. The lowest BCUT2D eigenvalue weighted by Gasteiger charge is -2.25. The number of imide groups is 1. The van der Waals surface area contributed by atoms with Gasteiger partial charge in [0.05, 0.1) is 23.1 Å². The number of carbonyl (C=O) groups excluding carboxylic acids is 3. The normalized spacial score (nSPS) is 24.6. The molecule has 0 spiro atoms. The van der Waals surface area contributed by atoms with E-state index in [0.29, 0.717) is 22.9 Å². The minimum atomic E-state index is -0.477. The zero-order valence-corrected chi connectivity index (χ0v) is 15.1. The molecule has 2 amide bonds. The number of amides is 2. The number of hydrogen-bond donors (Lipinski definition) is 0. The highest BCUT2D eigenvalue weighted by atomic mass is 16.5. The number of esters is 1. The molecule has 0 N–H and O–H groups in total.